The van der Waals surface area contributed by atoms with E-state index in [1.54, 1.807) is 0 Å². The molecule has 1 heterocycles. The average Bonchev–Trinajstić information content (AvgIpc) is 2.88. The first-order valence-corrected chi connectivity index (χ1v) is 6.18. The summed E-state index contributed by atoms with van der Waals surface area (Å²) < 4.78 is 10.6. The third kappa shape index (κ3) is 3.32. The smallest absolute Gasteiger partial charge is 0.228 e. The molecule has 1 aromatic heterocycles. The number of aromatic nitrogens is 2. The van der Waals surface area contributed by atoms with Crippen molar-refractivity contribution < 1.29 is 9.26 Å². The summed E-state index contributed by atoms with van der Waals surface area (Å²) in [5, 5.41) is 12.7. The van der Waals surface area contributed by atoms with Gasteiger partial charge in [0.2, 0.25) is 11.7 Å². The van der Waals surface area contributed by atoms with E-state index in [1.807, 2.05) is 38.1 Å². The Kier molecular flexibility index (Phi) is 4.14. The van der Waals surface area contributed by atoms with Crippen molar-refractivity contribution in [3.05, 3.63) is 30.2 Å². The lowest BCUT2D eigenvalue weighted by atomic mass is 10.1. The van der Waals surface area contributed by atoms with Crippen molar-refractivity contribution in [2.75, 3.05) is 6.61 Å². The monoisotopic (exact) mass is 257 g/mol. The molecule has 5 heteroatoms. The molecule has 1 unspecified atom stereocenters. The summed E-state index contributed by atoms with van der Waals surface area (Å²) in [4.78, 5) is 4.29. The highest BCUT2D eigenvalue weighted by atomic mass is 16.5. The first-order valence-electron chi connectivity index (χ1n) is 6.18. The second-order valence-electron chi connectivity index (χ2n) is 4.21. The molecule has 0 saturated carbocycles. The Bertz CT molecular complexity index is 586. The highest BCUT2D eigenvalue weighted by Crippen LogP contribution is 2.22. The Morgan fingerprint density at radius 3 is 3.05 bits per heavy atom. The van der Waals surface area contributed by atoms with Crippen LogP contribution in [0.25, 0.3) is 11.4 Å². The van der Waals surface area contributed by atoms with Crippen LogP contribution in [0.15, 0.2) is 28.8 Å². The van der Waals surface area contributed by atoms with Crippen LogP contribution in [0.3, 0.4) is 0 Å². The third-order valence-corrected chi connectivity index (χ3v) is 2.57. The quantitative estimate of drug-likeness (QED) is 0.823. The van der Waals surface area contributed by atoms with Gasteiger partial charge in [0.25, 0.3) is 0 Å². The van der Waals surface area contributed by atoms with Gasteiger partial charge in [0, 0.05) is 12.0 Å². The van der Waals surface area contributed by atoms with E-state index < -0.39 is 0 Å². The maximum absolute atomic E-state index is 8.76. The largest absolute Gasteiger partial charge is 0.494 e. The number of benzene rings is 1. The lowest BCUT2D eigenvalue weighted by Crippen LogP contribution is -1.96. The Balaban J connectivity index is 2.18. The zero-order valence-corrected chi connectivity index (χ0v) is 11.0. The molecule has 0 spiro atoms. The van der Waals surface area contributed by atoms with Crippen LogP contribution in [0.5, 0.6) is 5.75 Å². The molecule has 0 aliphatic heterocycles. The molecule has 0 saturated heterocycles. The zero-order valence-electron chi connectivity index (χ0n) is 11.0. The predicted molar refractivity (Wildman–Crippen MR) is 69.4 cm³/mol. The molecule has 0 aliphatic rings. The molecule has 0 bridgehead atoms. The summed E-state index contributed by atoms with van der Waals surface area (Å²) in [5.74, 6) is 1.63. The summed E-state index contributed by atoms with van der Waals surface area (Å²) in [6, 6.07) is 9.67. The number of hydrogen-bond acceptors (Lipinski definition) is 5. The Morgan fingerprint density at radius 2 is 2.32 bits per heavy atom. The minimum atomic E-state index is -0.136. The van der Waals surface area contributed by atoms with Crippen LogP contribution in [-0.2, 0) is 6.42 Å². The van der Waals surface area contributed by atoms with Crippen LogP contribution < -0.4 is 4.74 Å². The van der Waals surface area contributed by atoms with Crippen molar-refractivity contribution in [3.63, 3.8) is 0 Å². The first-order chi connectivity index (χ1) is 9.22. The van der Waals surface area contributed by atoms with Crippen molar-refractivity contribution in [2.45, 2.75) is 20.3 Å². The van der Waals surface area contributed by atoms with Crippen LogP contribution in [0.1, 0.15) is 19.7 Å². The lowest BCUT2D eigenvalue weighted by Gasteiger charge is -2.02. The molecular formula is C14H15N3O2. The van der Waals surface area contributed by atoms with Gasteiger partial charge in [-0.2, -0.15) is 10.2 Å². The van der Waals surface area contributed by atoms with Crippen molar-refractivity contribution in [3.8, 4) is 23.2 Å². The summed E-state index contributed by atoms with van der Waals surface area (Å²) in [6.07, 6.45) is 0.467. The highest BCUT2D eigenvalue weighted by Gasteiger charge is 2.12. The minimum absolute atomic E-state index is 0.136. The minimum Gasteiger partial charge on any atom is -0.494 e. The Morgan fingerprint density at radius 1 is 1.47 bits per heavy atom. The molecule has 0 radical (unpaired) electrons. The molecule has 0 aliphatic carbocycles. The van der Waals surface area contributed by atoms with E-state index in [9.17, 15) is 0 Å². The van der Waals surface area contributed by atoms with Gasteiger partial charge in [-0.3, -0.25) is 0 Å². The van der Waals surface area contributed by atoms with Crippen LogP contribution in [0.4, 0.5) is 0 Å². The SMILES string of the molecule is CCOc1cccc(-c2noc(CC(C)C#N)n2)c1. The van der Waals surface area contributed by atoms with Crippen molar-refractivity contribution in [1.82, 2.24) is 10.1 Å². The number of hydrogen-bond donors (Lipinski definition) is 0. The summed E-state index contributed by atoms with van der Waals surface area (Å²) in [6.45, 7) is 4.36. The molecule has 0 fully saturated rings. The fourth-order valence-electron chi connectivity index (χ4n) is 1.65. The fourth-order valence-corrected chi connectivity index (χ4v) is 1.65. The molecule has 0 amide bonds. The van der Waals surface area contributed by atoms with Crippen LogP contribution in [0.2, 0.25) is 0 Å². The Labute approximate surface area is 111 Å². The van der Waals surface area contributed by atoms with Crippen LogP contribution in [0, 0.1) is 17.2 Å². The topological polar surface area (TPSA) is 71.9 Å². The van der Waals surface area contributed by atoms with Crippen molar-refractivity contribution >= 4 is 0 Å². The molecule has 0 N–H and O–H groups in total. The van der Waals surface area contributed by atoms with Crippen molar-refractivity contribution in [2.24, 2.45) is 5.92 Å². The van der Waals surface area contributed by atoms with Gasteiger partial charge in [0.05, 0.1) is 18.6 Å². The maximum Gasteiger partial charge on any atom is 0.228 e. The molecule has 2 aromatic rings. The third-order valence-electron chi connectivity index (χ3n) is 2.57. The number of ether oxygens (including phenoxy) is 1. The van der Waals surface area contributed by atoms with Gasteiger partial charge in [-0.15, -0.1) is 0 Å². The standard InChI is InChI=1S/C14H15N3O2/c1-3-18-12-6-4-5-11(8-12)14-16-13(19-17-14)7-10(2)9-15/h4-6,8,10H,3,7H2,1-2H3. The summed E-state index contributed by atoms with van der Waals surface area (Å²) in [5.41, 5.74) is 0.838. The van der Waals surface area contributed by atoms with E-state index in [-0.39, 0.29) is 5.92 Å². The first kappa shape index (κ1) is 13.1. The highest BCUT2D eigenvalue weighted by molar-refractivity contribution is 5.56. The lowest BCUT2D eigenvalue weighted by molar-refractivity contribution is 0.340. The maximum atomic E-state index is 8.76. The van der Waals surface area contributed by atoms with E-state index >= 15 is 0 Å². The van der Waals surface area contributed by atoms with Gasteiger partial charge >= 0.3 is 0 Å². The van der Waals surface area contributed by atoms with E-state index in [2.05, 4.69) is 16.2 Å². The summed E-state index contributed by atoms with van der Waals surface area (Å²) in [7, 11) is 0. The molecular weight excluding hydrogens is 242 g/mol. The number of nitrogens with zero attached hydrogens (tertiary/aromatic N) is 3. The molecule has 98 valence electrons. The van der Waals surface area contributed by atoms with Gasteiger partial charge in [0.1, 0.15) is 5.75 Å². The van der Waals surface area contributed by atoms with Gasteiger partial charge in [-0.1, -0.05) is 17.3 Å². The fraction of sp³-hybridized carbons (Fsp3) is 0.357. The van der Waals surface area contributed by atoms with Gasteiger partial charge in [-0.25, -0.2) is 0 Å². The number of rotatable bonds is 5. The van der Waals surface area contributed by atoms with Gasteiger partial charge < -0.3 is 9.26 Å². The van der Waals surface area contributed by atoms with Gasteiger partial charge in [0.15, 0.2) is 0 Å². The van der Waals surface area contributed by atoms with Crippen LogP contribution in [-0.4, -0.2) is 16.7 Å². The van der Waals surface area contributed by atoms with Crippen molar-refractivity contribution in [1.29, 1.82) is 5.26 Å². The second-order valence-corrected chi connectivity index (χ2v) is 4.21. The van der Waals surface area contributed by atoms with E-state index in [4.69, 9.17) is 14.5 Å². The molecule has 19 heavy (non-hydrogen) atoms. The normalized spacial score (nSPS) is 11.8. The summed E-state index contributed by atoms with van der Waals surface area (Å²) >= 11 is 0. The predicted octanol–water partition coefficient (Wildman–Crippen LogP) is 2.84. The van der Waals surface area contributed by atoms with E-state index in [0.29, 0.717) is 24.7 Å². The average molecular weight is 257 g/mol. The zero-order chi connectivity index (χ0) is 13.7. The molecule has 5 nitrogen and oxygen atoms in total. The Hall–Kier alpha value is -2.35. The van der Waals surface area contributed by atoms with E-state index in [1.165, 1.54) is 0 Å². The van der Waals surface area contributed by atoms with E-state index in [0.717, 1.165) is 11.3 Å². The van der Waals surface area contributed by atoms with Gasteiger partial charge in [-0.05, 0) is 26.0 Å². The molecule has 1 aromatic carbocycles. The second kappa shape index (κ2) is 6.01. The molecule has 1 atom stereocenters. The number of nitriles is 1. The van der Waals surface area contributed by atoms with Crippen LogP contribution >= 0.6 is 0 Å². The molecule has 2 rings (SSSR count).